The minimum Gasteiger partial charge on any atom is -0.294 e. The zero-order chi connectivity index (χ0) is 15.0. The van der Waals surface area contributed by atoms with Gasteiger partial charge in [0.1, 0.15) is 0 Å². The van der Waals surface area contributed by atoms with Crippen LogP contribution < -0.4 is 0 Å². The van der Waals surface area contributed by atoms with Gasteiger partial charge in [0.25, 0.3) is 0 Å². The molecule has 1 aliphatic rings. The molecule has 0 bridgehead atoms. The van der Waals surface area contributed by atoms with Crippen molar-refractivity contribution in [3.63, 3.8) is 0 Å². The van der Waals surface area contributed by atoms with E-state index in [1.54, 1.807) is 6.07 Å². The van der Waals surface area contributed by atoms with Gasteiger partial charge in [-0.05, 0) is 55.2 Å². The van der Waals surface area contributed by atoms with Crippen LogP contribution in [0, 0.1) is 5.92 Å². The van der Waals surface area contributed by atoms with Crippen LogP contribution in [0.3, 0.4) is 0 Å². The summed E-state index contributed by atoms with van der Waals surface area (Å²) in [5.74, 6) is 0.511. The van der Waals surface area contributed by atoms with Gasteiger partial charge in [0, 0.05) is 22.9 Å². The Hall–Kier alpha value is -1.34. The molecule has 1 atom stereocenters. The molecule has 0 saturated carbocycles. The Bertz CT molecular complexity index is 635. The Kier molecular flexibility index (Phi) is 4.19. The SMILES string of the molecule is CCC(=O)c1cc(Cl)ccc1C1=C(C)C(C)=C(C)C1C. The lowest BCUT2D eigenvalue weighted by molar-refractivity contribution is 0.0988. The first-order chi connectivity index (χ1) is 9.38. The number of carbonyl (C=O) groups is 1. The number of rotatable bonds is 3. The van der Waals surface area contributed by atoms with Crippen molar-refractivity contribution in [3.8, 4) is 0 Å². The normalized spacial score (nSPS) is 19.0. The predicted molar refractivity (Wildman–Crippen MR) is 86.2 cm³/mol. The van der Waals surface area contributed by atoms with Crippen LogP contribution in [0.15, 0.2) is 34.9 Å². The third-order valence-electron chi connectivity index (χ3n) is 4.53. The summed E-state index contributed by atoms with van der Waals surface area (Å²) >= 11 is 6.08. The van der Waals surface area contributed by atoms with Crippen LogP contribution in [-0.4, -0.2) is 5.78 Å². The molecule has 0 spiro atoms. The van der Waals surface area contributed by atoms with Gasteiger partial charge in [0.2, 0.25) is 0 Å². The van der Waals surface area contributed by atoms with Gasteiger partial charge in [-0.1, -0.05) is 37.1 Å². The summed E-state index contributed by atoms with van der Waals surface area (Å²) in [4.78, 5) is 12.2. The van der Waals surface area contributed by atoms with Gasteiger partial charge in [-0.2, -0.15) is 0 Å². The topological polar surface area (TPSA) is 17.1 Å². The van der Waals surface area contributed by atoms with Crippen LogP contribution >= 0.6 is 11.6 Å². The zero-order valence-corrected chi connectivity index (χ0v) is 13.6. The van der Waals surface area contributed by atoms with Crippen molar-refractivity contribution in [1.29, 1.82) is 0 Å². The Morgan fingerprint density at radius 2 is 1.85 bits per heavy atom. The molecule has 1 aromatic carbocycles. The number of Topliss-reactive ketones (excluding diaryl/α,β-unsaturated/α-hetero) is 1. The Balaban J connectivity index is 2.64. The molecule has 0 aliphatic heterocycles. The van der Waals surface area contributed by atoms with E-state index in [1.165, 1.54) is 22.3 Å². The van der Waals surface area contributed by atoms with Gasteiger partial charge in [-0.25, -0.2) is 0 Å². The van der Waals surface area contributed by atoms with Crippen LogP contribution in [0.5, 0.6) is 0 Å². The molecule has 0 heterocycles. The van der Waals surface area contributed by atoms with E-state index in [-0.39, 0.29) is 5.78 Å². The average molecular weight is 289 g/mol. The highest BCUT2D eigenvalue weighted by molar-refractivity contribution is 6.31. The molecule has 106 valence electrons. The predicted octanol–water partition coefficient (Wildman–Crippen LogP) is 5.69. The molecule has 2 rings (SSSR count). The molecule has 1 unspecified atom stereocenters. The molecule has 1 nitrogen and oxygen atoms in total. The molecule has 1 aliphatic carbocycles. The van der Waals surface area contributed by atoms with Gasteiger partial charge in [0.05, 0.1) is 0 Å². The maximum Gasteiger partial charge on any atom is 0.163 e. The summed E-state index contributed by atoms with van der Waals surface area (Å²) in [5.41, 5.74) is 7.10. The van der Waals surface area contributed by atoms with E-state index in [9.17, 15) is 4.79 Å². The van der Waals surface area contributed by atoms with Crippen LogP contribution in [0.4, 0.5) is 0 Å². The van der Waals surface area contributed by atoms with Crippen LogP contribution in [0.25, 0.3) is 5.57 Å². The minimum atomic E-state index is 0.150. The highest BCUT2D eigenvalue weighted by Gasteiger charge is 2.27. The van der Waals surface area contributed by atoms with Crippen molar-refractivity contribution in [2.75, 3.05) is 0 Å². The molecule has 0 fully saturated rings. The minimum absolute atomic E-state index is 0.150. The third-order valence-corrected chi connectivity index (χ3v) is 4.77. The van der Waals surface area contributed by atoms with E-state index in [1.807, 2.05) is 19.1 Å². The Morgan fingerprint density at radius 1 is 1.20 bits per heavy atom. The number of hydrogen-bond acceptors (Lipinski definition) is 1. The molecule has 1 aromatic rings. The number of benzene rings is 1. The quantitative estimate of drug-likeness (QED) is 0.653. The molecule has 0 radical (unpaired) electrons. The van der Waals surface area contributed by atoms with E-state index < -0.39 is 0 Å². The highest BCUT2D eigenvalue weighted by atomic mass is 35.5. The van der Waals surface area contributed by atoms with Crippen LogP contribution in [0.2, 0.25) is 5.02 Å². The van der Waals surface area contributed by atoms with Crippen molar-refractivity contribution in [3.05, 3.63) is 51.1 Å². The lowest BCUT2D eigenvalue weighted by Crippen LogP contribution is -2.06. The van der Waals surface area contributed by atoms with Crippen LogP contribution in [0.1, 0.15) is 57.0 Å². The summed E-state index contributed by atoms with van der Waals surface area (Å²) in [6, 6.07) is 5.67. The van der Waals surface area contributed by atoms with Crippen molar-refractivity contribution in [1.82, 2.24) is 0 Å². The maximum atomic E-state index is 12.2. The van der Waals surface area contributed by atoms with Crippen molar-refractivity contribution < 1.29 is 4.79 Å². The van der Waals surface area contributed by atoms with Crippen molar-refractivity contribution >= 4 is 23.0 Å². The summed E-state index contributed by atoms with van der Waals surface area (Å²) in [6.45, 7) is 10.6. The fraction of sp³-hybridized carbons (Fsp3) is 0.389. The molecular weight excluding hydrogens is 268 g/mol. The molecule has 0 saturated heterocycles. The molecule has 0 aromatic heterocycles. The van der Waals surface area contributed by atoms with Gasteiger partial charge < -0.3 is 0 Å². The Morgan fingerprint density at radius 3 is 2.35 bits per heavy atom. The first-order valence-corrected chi connectivity index (χ1v) is 7.47. The first kappa shape index (κ1) is 15.1. The van der Waals surface area contributed by atoms with Gasteiger partial charge in [0.15, 0.2) is 5.78 Å². The number of ketones is 1. The molecule has 0 N–H and O–H groups in total. The first-order valence-electron chi connectivity index (χ1n) is 7.10. The third kappa shape index (κ3) is 2.35. The molecular formula is C18H21ClO. The lowest BCUT2D eigenvalue weighted by Gasteiger charge is -2.16. The number of hydrogen-bond donors (Lipinski definition) is 0. The van der Waals surface area contributed by atoms with Gasteiger partial charge in [-0.15, -0.1) is 0 Å². The number of halogens is 1. The molecule has 0 amide bonds. The second kappa shape index (κ2) is 5.57. The standard InChI is InChI=1S/C18H21ClO/c1-6-17(20)16-9-14(19)7-8-15(16)18-12(4)10(2)11(3)13(18)5/h7-9,12H,6H2,1-5H3. The van der Waals surface area contributed by atoms with E-state index >= 15 is 0 Å². The van der Waals surface area contributed by atoms with E-state index in [2.05, 4.69) is 27.7 Å². The largest absolute Gasteiger partial charge is 0.294 e. The summed E-state index contributed by atoms with van der Waals surface area (Å²) in [5, 5.41) is 0.621. The second-order valence-corrected chi connectivity index (χ2v) is 5.97. The lowest BCUT2D eigenvalue weighted by atomic mass is 9.87. The van der Waals surface area contributed by atoms with E-state index in [0.29, 0.717) is 17.4 Å². The summed E-state index contributed by atoms with van der Waals surface area (Å²) in [6.07, 6.45) is 0.499. The Labute approximate surface area is 126 Å². The number of allylic oxidation sites excluding steroid dienone is 4. The smallest absolute Gasteiger partial charge is 0.163 e. The fourth-order valence-corrected chi connectivity index (χ4v) is 3.14. The summed E-state index contributed by atoms with van der Waals surface area (Å²) in [7, 11) is 0. The average Bonchev–Trinajstić information content (AvgIpc) is 2.63. The van der Waals surface area contributed by atoms with E-state index in [0.717, 1.165) is 11.1 Å². The monoisotopic (exact) mass is 288 g/mol. The molecule has 20 heavy (non-hydrogen) atoms. The van der Waals surface area contributed by atoms with Crippen LogP contribution in [-0.2, 0) is 0 Å². The maximum absolute atomic E-state index is 12.2. The number of carbonyl (C=O) groups excluding carboxylic acids is 1. The second-order valence-electron chi connectivity index (χ2n) is 5.54. The highest BCUT2D eigenvalue weighted by Crippen LogP contribution is 2.43. The zero-order valence-electron chi connectivity index (χ0n) is 12.8. The molecule has 2 heteroatoms. The van der Waals surface area contributed by atoms with Crippen molar-refractivity contribution in [2.24, 2.45) is 5.92 Å². The van der Waals surface area contributed by atoms with Crippen molar-refractivity contribution in [2.45, 2.75) is 41.0 Å². The fourth-order valence-electron chi connectivity index (χ4n) is 2.97. The van der Waals surface area contributed by atoms with Gasteiger partial charge in [-0.3, -0.25) is 4.79 Å². The van der Waals surface area contributed by atoms with Gasteiger partial charge >= 0.3 is 0 Å². The summed E-state index contributed by atoms with van der Waals surface area (Å²) < 4.78 is 0. The van der Waals surface area contributed by atoms with E-state index in [4.69, 9.17) is 11.6 Å².